The third-order valence-corrected chi connectivity index (χ3v) is 0.395. The predicted molar refractivity (Wildman–Crippen MR) is 73.1 cm³/mol. The van der Waals surface area contributed by atoms with Gasteiger partial charge < -0.3 is 35.4 Å². The van der Waals surface area contributed by atoms with E-state index in [1.165, 1.54) is 0 Å². The Kier molecular flexibility index (Phi) is 54.4. The number of aliphatic hydroxyl groups excluding tert-OH is 3. The molecule has 0 rings (SSSR count). The van der Waals surface area contributed by atoms with E-state index in [2.05, 4.69) is 4.74 Å². The van der Waals surface area contributed by atoms with Crippen molar-refractivity contribution in [1.29, 1.82) is 0 Å². The van der Waals surface area contributed by atoms with E-state index in [0.29, 0.717) is 6.61 Å². The third kappa shape index (κ3) is 3080. The maximum atomic E-state index is 9.00. The molecule has 0 radical (unpaired) electrons. The Bertz CT molecular complexity index is 173. The molecule has 0 aliphatic carbocycles. The number of aliphatic carboxylic acids is 3. The smallest absolute Gasteiger partial charge is 0.300 e. The fourth-order valence-electron chi connectivity index (χ4n) is 0.0913. The number of carbonyl (C=O) groups is 3. The van der Waals surface area contributed by atoms with Crippen molar-refractivity contribution in [3.05, 3.63) is 0 Å². The van der Waals surface area contributed by atoms with Crippen molar-refractivity contribution in [1.82, 2.24) is 0 Å². The van der Waals surface area contributed by atoms with Crippen molar-refractivity contribution in [2.45, 2.75) is 20.8 Å². The SMILES string of the molecule is CC(=O)O.CC(=O)O.CC(=O)O.COCCO.OCCO. The molecule has 0 aromatic heterocycles. The van der Waals surface area contributed by atoms with Gasteiger partial charge in [0.25, 0.3) is 17.9 Å². The summed E-state index contributed by atoms with van der Waals surface area (Å²) >= 11 is 0. The number of rotatable bonds is 3. The molecular formula is C11H26O10. The number of hydrogen-bond donors (Lipinski definition) is 6. The lowest BCUT2D eigenvalue weighted by atomic mass is 10.8. The lowest BCUT2D eigenvalue weighted by Crippen LogP contribution is -1.91. The first-order valence-corrected chi connectivity index (χ1v) is 5.43. The van der Waals surface area contributed by atoms with Crippen LogP contribution in [0.2, 0.25) is 0 Å². The van der Waals surface area contributed by atoms with Crippen molar-refractivity contribution in [2.75, 3.05) is 33.5 Å². The van der Waals surface area contributed by atoms with Crippen molar-refractivity contribution in [3.8, 4) is 0 Å². The minimum Gasteiger partial charge on any atom is -0.481 e. The van der Waals surface area contributed by atoms with E-state index < -0.39 is 17.9 Å². The molecule has 21 heavy (non-hydrogen) atoms. The van der Waals surface area contributed by atoms with E-state index in [9.17, 15) is 0 Å². The molecule has 0 aliphatic rings. The molecule has 10 heteroatoms. The quantitative estimate of drug-likeness (QED) is 0.372. The second-order valence-corrected chi connectivity index (χ2v) is 2.72. The van der Waals surface area contributed by atoms with Crippen molar-refractivity contribution < 1.29 is 49.8 Å². The predicted octanol–water partition coefficient (Wildman–Crippen LogP) is -1.13. The minimum atomic E-state index is -0.833. The molecule has 0 bridgehead atoms. The van der Waals surface area contributed by atoms with Crippen LogP contribution in [0.3, 0.4) is 0 Å². The standard InChI is InChI=1S/C3H8O2.3C2H4O2.C2H6O2/c1-5-3-2-4;3*1-2(3)4;3-1-2-4/h4H,2-3H2,1H3;3*1H3,(H,3,4);3-4H,1-2H2. The molecule has 0 aliphatic heterocycles. The fourth-order valence-corrected chi connectivity index (χ4v) is 0.0913. The summed E-state index contributed by atoms with van der Waals surface area (Å²) in [5, 5.41) is 45.4. The minimum absolute atomic E-state index is 0.122. The van der Waals surface area contributed by atoms with Crippen LogP contribution in [-0.4, -0.2) is 82.1 Å². The number of aliphatic hydroxyl groups is 3. The van der Waals surface area contributed by atoms with E-state index in [1.54, 1.807) is 7.11 Å². The van der Waals surface area contributed by atoms with Gasteiger partial charge in [-0.25, -0.2) is 0 Å². The van der Waals surface area contributed by atoms with Crippen LogP contribution >= 0.6 is 0 Å². The molecule has 0 atom stereocenters. The summed E-state index contributed by atoms with van der Waals surface area (Å²) in [6.45, 7) is 3.57. The second kappa shape index (κ2) is 36.2. The zero-order chi connectivity index (χ0) is 18.3. The van der Waals surface area contributed by atoms with Crippen LogP contribution in [0.1, 0.15) is 20.8 Å². The summed E-state index contributed by atoms with van der Waals surface area (Å²) in [6, 6.07) is 0. The van der Waals surface area contributed by atoms with Gasteiger partial charge in [-0.2, -0.15) is 0 Å². The van der Waals surface area contributed by atoms with Gasteiger partial charge in [-0.1, -0.05) is 0 Å². The van der Waals surface area contributed by atoms with E-state index in [0.717, 1.165) is 20.8 Å². The van der Waals surface area contributed by atoms with Gasteiger partial charge in [0.05, 0.1) is 26.4 Å². The maximum Gasteiger partial charge on any atom is 0.300 e. The van der Waals surface area contributed by atoms with Crippen molar-refractivity contribution in [2.24, 2.45) is 0 Å². The molecular weight excluding hydrogens is 292 g/mol. The Morgan fingerprint density at radius 3 is 0.905 bits per heavy atom. The molecule has 10 nitrogen and oxygen atoms in total. The summed E-state index contributed by atoms with van der Waals surface area (Å²) in [6.07, 6.45) is 0. The topological polar surface area (TPSA) is 182 Å². The lowest BCUT2D eigenvalue weighted by molar-refractivity contribution is -0.135. The maximum absolute atomic E-state index is 9.00. The Hall–Kier alpha value is -1.75. The van der Waals surface area contributed by atoms with Crippen LogP contribution in [0.5, 0.6) is 0 Å². The summed E-state index contributed by atoms with van der Waals surface area (Å²) in [5.41, 5.74) is 0. The average molecular weight is 318 g/mol. The lowest BCUT2D eigenvalue weighted by Gasteiger charge is -1.84. The molecule has 0 heterocycles. The zero-order valence-electron chi connectivity index (χ0n) is 12.6. The van der Waals surface area contributed by atoms with Crippen LogP contribution in [0.25, 0.3) is 0 Å². The normalized spacial score (nSPS) is 7.00. The Balaban J connectivity index is -0.0000000510. The molecule has 0 saturated carbocycles. The highest BCUT2D eigenvalue weighted by Crippen LogP contribution is 1.56. The van der Waals surface area contributed by atoms with Gasteiger partial charge >= 0.3 is 0 Å². The molecule has 0 fully saturated rings. The van der Waals surface area contributed by atoms with Gasteiger partial charge in [0, 0.05) is 27.9 Å². The average Bonchev–Trinajstić information content (AvgIpc) is 2.28. The molecule has 0 amide bonds. The summed E-state index contributed by atoms with van der Waals surface area (Å²) in [4.78, 5) is 27.0. The van der Waals surface area contributed by atoms with Gasteiger partial charge in [-0.05, 0) is 0 Å². The van der Waals surface area contributed by atoms with E-state index in [4.69, 9.17) is 45.0 Å². The summed E-state index contributed by atoms with van der Waals surface area (Å²) in [7, 11) is 1.55. The molecule has 0 aromatic carbocycles. The Morgan fingerprint density at radius 2 is 0.905 bits per heavy atom. The number of methoxy groups -OCH3 is 1. The first kappa shape index (κ1) is 31.6. The molecule has 130 valence electrons. The van der Waals surface area contributed by atoms with Crippen LogP contribution < -0.4 is 0 Å². The zero-order valence-corrected chi connectivity index (χ0v) is 12.6. The molecule has 0 spiro atoms. The number of carboxylic acid groups (broad SMARTS) is 3. The Morgan fingerprint density at radius 1 is 0.714 bits per heavy atom. The summed E-state index contributed by atoms with van der Waals surface area (Å²) in [5.74, 6) is -2.50. The number of carboxylic acids is 3. The third-order valence-electron chi connectivity index (χ3n) is 0.395. The van der Waals surface area contributed by atoms with Gasteiger partial charge in [0.15, 0.2) is 0 Å². The van der Waals surface area contributed by atoms with E-state index in [-0.39, 0.29) is 19.8 Å². The van der Waals surface area contributed by atoms with Crippen LogP contribution in [0.4, 0.5) is 0 Å². The number of ether oxygens (including phenoxy) is 1. The summed E-state index contributed by atoms with van der Waals surface area (Å²) < 4.78 is 4.44. The van der Waals surface area contributed by atoms with Gasteiger partial charge in [0.2, 0.25) is 0 Å². The Labute approximate surface area is 123 Å². The molecule has 0 saturated heterocycles. The van der Waals surface area contributed by atoms with Gasteiger partial charge in [-0.3, -0.25) is 14.4 Å². The first-order chi connectivity index (χ1) is 9.52. The van der Waals surface area contributed by atoms with Crippen LogP contribution in [0.15, 0.2) is 0 Å². The van der Waals surface area contributed by atoms with Crippen LogP contribution in [0, 0.1) is 0 Å². The first-order valence-electron chi connectivity index (χ1n) is 5.43. The fraction of sp³-hybridized carbons (Fsp3) is 0.727. The van der Waals surface area contributed by atoms with Crippen LogP contribution in [-0.2, 0) is 19.1 Å². The van der Waals surface area contributed by atoms with Gasteiger partial charge in [0.1, 0.15) is 0 Å². The van der Waals surface area contributed by atoms with E-state index in [1.807, 2.05) is 0 Å². The largest absolute Gasteiger partial charge is 0.481 e. The highest BCUT2D eigenvalue weighted by molar-refractivity contribution is 5.63. The second-order valence-electron chi connectivity index (χ2n) is 2.72. The highest BCUT2D eigenvalue weighted by atomic mass is 16.5. The monoisotopic (exact) mass is 318 g/mol. The van der Waals surface area contributed by atoms with Crippen molar-refractivity contribution in [3.63, 3.8) is 0 Å². The molecule has 0 aromatic rings. The van der Waals surface area contributed by atoms with Gasteiger partial charge in [-0.15, -0.1) is 0 Å². The number of hydrogen-bond acceptors (Lipinski definition) is 7. The molecule has 6 N–H and O–H groups in total. The van der Waals surface area contributed by atoms with E-state index >= 15 is 0 Å². The highest BCUT2D eigenvalue weighted by Gasteiger charge is 1.67. The van der Waals surface area contributed by atoms with Crippen molar-refractivity contribution >= 4 is 17.9 Å². The molecule has 0 unspecified atom stereocenters.